The van der Waals surface area contributed by atoms with Gasteiger partial charge in [-0.3, -0.25) is 4.90 Å². The number of piperazine rings is 1. The van der Waals surface area contributed by atoms with E-state index in [9.17, 15) is 14.7 Å². The van der Waals surface area contributed by atoms with Crippen LogP contribution in [0.15, 0.2) is 0 Å². The Kier molecular flexibility index (Phi) is 5.15. The van der Waals surface area contributed by atoms with Crippen LogP contribution in [0.2, 0.25) is 0 Å². The molecule has 20 heavy (non-hydrogen) atoms. The van der Waals surface area contributed by atoms with Gasteiger partial charge >= 0.3 is 12.0 Å². The molecule has 2 fully saturated rings. The molecular weight excluding hydrogens is 278 g/mol. The van der Waals surface area contributed by atoms with Gasteiger partial charge < -0.3 is 14.9 Å². The monoisotopic (exact) mass is 301 g/mol. The summed E-state index contributed by atoms with van der Waals surface area (Å²) in [6, 6.07) is -0.416. The predicted octanol–water partition coefficient (Wildman–Crippen LogP) is 0.634. The Hall–Kier alpha value is -0.950. The average Bonchev–Trinajstić information content (AvgIpc) is 2.47. The molecule has 0 spiro atoms. The molecule has 2 saturated heterocycles. The normalized spacial score (nSPS) is 28.5. The molecule has 2 aliphatic rings. The molecule has 0 aromatic rings. The number of carbonyl (C=O) groups is 2. The molecule has 2 heterocycles. The number of carbonyl (C=O) groups excluding carboxylic acids is 1. The highest BCUT2D eigenvalue weighted by molar-refractivity contribution is 7.99. The molecule has 7 heteroatoms. The molecule has 0 aromatic carbocycles. The highest BCUT2D eigenvalue weighted by Gasteiger charge is 2.36. The third-order valence-corrected chi connectivity index (χ3v) is 5.20. The fourth-order valence-electron chi connectivity index (χ4n) is 2.78. The van der Waals surface area contributed by atoms with Gasteiger partial charge in [-0.05, 0) is 13.5 Å². The number of urea groups is 1. The molecule has 2 aliphatic heterocycles. The van der Waals surface area contributed by atoms with Crippen LogP contribution < -0.4 is 0 Å². The van der Waals surface area contributed by atoms with Gasteiger partial charge in [-0.25, -0.2) is 9.59 Å². The van der Waals surface area contributed by atoms with Gasteiger partial charge in [0.05, 0.1) is 0 Å². The molecule has 0 bridgehead atoms. The molecule has 0 radical (unpaired) electrons. The SMILES string of the molecule is CCC1CN(C(=O)N2CCSCC2C(=O)O)CCN1C. The maximum absolute atomic E-state index is 12.6. The predicted molar refractivity (Wildman–Crippen MR) is 79.1 cm³/mol. The largest absolute Gasteiger partial charge is 0.480 e. The maximum atomic E-state index is 12.6. The molecule has 0 aromatic heterocycles. The van der Waals surface area contributed by atoms with E-state index in [0.717, 1.165) is 18.7 Å². The topological polar surface area (TPSA) is 64.1 Å². The number of aliphatic carboxylic acids is 1. The van der Waals surface area contributed by atoms with Crippen molar-refractivity contribution in [3.8, 4) is 0 Å². The number of hydrogen-bond acceptors (Lipinski definition) is 4. The van der Waals surface area contributed by atoms with E-state index in [0.29, 0.717) is 31.4 Å². The van der Waals surface area contributed by atoms with Gasteiger partial charge in [-0.15, -0.1) is 0 Å². The van der Waals surface area contributed by atoms with Crippen LogP contribution in [0.5, 0.6) is 0 Å². The standard InChI is InChI=1S/C13H23N3O3S/c1-3-10-8-15(5-4-14(10)2)13(19)16-6-7-20-9-11(16)12(17)18/h10-11H,3-9H2,1-2H3,(H,17,18). The number of rotatable bonds is 2. The molecule has 1 N–H and O–H groups in total. The van der Waals surface area contributed by atoms with Crippen LogP contribution in [0, 0.1) is 0 Å². The summed E-state index contributed by atoms with van der Waals surface area (Å²) in [5, 5.41) is 9.26. The number of amides is 2. The summed E-state index contributed by atoms with van der Waals surface area (Å²) in [7, 11) is 2.08. The number of thioether (sulfide) groups is 1. The van der Waals surface area contributed by atoms with Crippen molar-refractivity contribution in [3.63, 3.8) is 0 Å². The summed E-state index contributed by atoms with van der Waals surface area (Å²) in [5.41, 5.74) is 0. The van der Waals surface area contributed by atoms with Crippen molar-refractivity contribution >= 4 is 23.8 Å². The van der Waals surface area contributed by atoms with E-state index >= 15 is 0 Å². The second-order valence-electron chi connectivity index (χ2n) is 5.39. The smallest absolute Gasteiger partial charge is 0.327 e. The van der Waals surface area contributed by atoms with Crippen molar-refractivity contribution in [2.75, 3.05) is 44.7 Å². The van der Waals surface area contributed by atoms with E-state index in [-0.39, 0.29) is 6.03 Å². The Morgan fingerprint density at radius 3 is 2.70 bits per heavy atom. The zero-order valence-electron chi connectivity index (χ0n) is 12.1. The summed E-state index contributed by atoms with van der Waals surface area (Å²) in [5.74, 6) is 0.415. The van der Waals surface area contributed by atoms with Gasteiger partial charge in [0.2, 0.25) is 0 Å². The van der Waals surface area contributed by atoms with Gasteiger partial charge in [0, 0.05) is 43.7 Å². The van der Waals surface area contributed by atoms with Crippen molar-refractivity contribution in [1.82, 2.24) is 14.7 Å². The Labute approximate surface area is 124 Å². The van der Waals surface area contributed by atoms with Crippen molar-refractivity contribution in [1.29, 1.82) is 0 Å². The molecule has 2 rings (SSSR count). The lowest BCUT2D eigenvalue weighted by molar-refractivity contribution is -0.141. The Morgan fingerprint density at radius 1 is 1.30 bits per heavy atom. The lowest BCUT2D eigenvalue weighted by Crippen LogP contribution is -2.60. The first-order valence-corrected chi connectivity index (χ1v) is 8.26. The third kappa shape index (κ3) is 3.20. The first-order chi connectivity index (χ1) is 9.54. The van der Waals surface area contributed by atoms with Gasteiger partial charge in [-0.1, -0.05) is 6.92 Å². The number of hydrogen-bond donors (Lipinski definition) is 1. The van der Waals surface area contributed by atoms with Gasteiger partial charge in [-0.2, -0.15) is 11.8 Å². The minimum atomic E-state index is -0.897. The van der Waals surface area contributed by atoms with Crippen LogP contribution in [-0.4, -0.2) is 88.6 Å². The van der Waals surface area contributed by atoms with E-state index in [1.165, 1.54) is 4.90 Å². The van der Waals surface area contributed by atoms with Crippen LogP contribution >= 0.6 is 11.8 Å². The van der Waals surface area contributed by atoms with Gasteiger partial charge in [0.25, 0.3) is 0 Å². The summed E-state index contributed by atoms with van der Waals surface area (Å²) >= 11 is 1.60. The molecular formula is C13H23N3O3S. The van der Waals surface area contributed by atoms with E-state index in [2.05, 4.69) is 18.9 Å². The van der Waals surface area contributed by atoms with Gasteiger partial charge in [0.15, 0.2) is 0 Å². The Balaban J connectivity index is 2.04. The number of nitrogens with zero attached hydrogens (tertiary/aromatic N) is 3. The van der Waals surface area contributed by atoms with Crippen LogP contribution in [-0.2, 0) is 4.79 Å². The molecule has 2 amide bonds. The number of likely N-dealkylation sites (N-methyl/N-ethyl adjacent to an activating group) is 1. The summed E-state index contributed by atoms with van der Waals surface area (Å²) < 4.78 is 0. The van der Waals surface area contributed by atoms with E-state index in [4.69, 9.17) is 0 Å². The fourth-order valence-corrected chi connectivity index (χ4v) is 3.82. The lowest BCUT2D eigenvalue weighted by atomic mass is 10.1. The summed E-state index contributed by atoms with van der Waals surface area (Å²) in [6.45, 7) is 4.88. The Morgan fingerprint density at radius 2 is 2.05 bits per heavy atom. The molecule has 0 aliphatic carbocycles. The summed E-state index contributed by atoms with van der Waals surface area (Å²) in [4.78, 5) is 29.5. The average molecular weight is 301 g/mol. The second kappa shape index (κ2) is 6.67. The zero-order valence-corrected chi connectivity index (χ0v) is 12.9. The summed E-state index contributed by atoms with van der Waals surface area (Å²) in [6.07, 6.45) is 0.999. The Bertz CT molecular complexity index is 380. The molecule has 114 valence electrons. The van der Waals surface area contributed by atoms with E-state index in [1.54, 1.807) is 11.8 Å². The maximum Gasteiger partial charge on any atom is 0.327 e. The van der Waals surface area contributed by atoms with E-state index < -0.39 is 12.0 Å². The number of carboxylic acids is 1. The molecule has 0 saturated carbocycles. The van der Waals surface area contributed by atoms with Crippen molar-refractivity contribution in [3.05, 3.63) is 0 Å². The van der Waals surface area contributed by atoms with Crippen LogP contribution in [0.4, 0.5) is 4.79 Å². The van der Waals surface area contributed by atoms with Crippen molar-refractivity contribution < 1.29 is 14.7 Å². The van der Waals surface area contributed by atoms with E-state index in [1.807, 2.05) is 4.90 Å². The van der Waals surface area contributed by atoms with Crippen molar-refractivity contribution in [2.24, 2.45) is 0 Å². The van der Waals surface area contributed by atoms with Crippen LogP contribution in [0.25, 0.3) is 0 Å². The third-order valence-electron chi connectivity index (χ3n) is 4.18. The molecule has 6 nitrogen and oxygen atoms in total. The minimum Gasteiger partial charge on any atom is -0.480 e. The van der Waals surface area contributed by atoms with Crippen molar-refractivity contribution in [2.45, 2.75) is 25.4 Å². The zero-order chi connectivity index (χ0) is 14.7. The molecule has 2 atom stereocenters. The first kappa shape index (κ1) is 15.4. The second-order valence-corrected chi connectivity index (χ2v) is 6.54. The molecule has 2 unspecified atom stereocenters. The van der Waals surface area contributed by atoms with Crippen LogP contribution in [0.1, 0.15) is 13.3 Å². The highest BCUT2D eigenvalue weighted by atomic mass is 32.2. The van der Waals surface area contributed by atoms with Crippen LogP contribution in [0.3, 0.4) is 0 Å². The minimum absolute atomic E-state index is 0.107. The lowest BCUT2D eigenvalue weighted by Gasteiger charge is -2.43. The first-order valence-electron chi connectivity index (χ1n) is 7.11. The fraction of sp³-hybridized carbons (Fsp3) is 0.846. The van der Waals surface area contributed by atoms with Gasteiger partial charge in [0.1, 0.15) is 6.04 Å². The number of carboxylic acid groups (broad SMARTS) is 1. The highest BCUT2D eigenvalue weighted by Crippen LogP contribution is 2.20. The quantitative estimate of drug-likeness (QED) is 0.811.